The highest BCUT2D eigenvalue weighted by Crippen LogP contribution is 2.21. The highest BCUT2D eigenvalue weighted by atomic mass is 16.2. The van der Waals surface area contributed by atoms with Crippen molar-refractivity contribution in [1.82, 2.24) is 19.8 Å². The molecule has 1 aliphatic rings. The van der Waals surface area contributed by atoms with E-state index in [9.17, 15) is 4.79 Å². The molecule has 6 nitrogen and oxygen atoms in total. The van der Waals surface area contributed by atoms with E-state index in [0.29, 0.717) is 12.6 Å². The van der Waals surface area contributed by atoms with Gasteiger partial charge in [-0.15, -0.1) is 0 Å². The van der Waals surface area contributed by atoms with Crippen LogP contribution in [0.5, 0.6) is 0 Å². The summed E-state index contributed by atoms with van der Waals surface area (Å²) in [6, 6.07) is 0.332. The normalized spacial score (nSPS) is 15.0. The number of aromatic nitrogens is 2. The fourth-order valence-corrected chi connectivity index (χ4v) is 2.54. The maximum Gasteiger partial charge on any atom is 0.236 e. The molecule has 1 N–H and O–H groups in total. The predicted octanol–water partition coefficient (Wildman–Crippen LogP) is 0.786. The quantitative estimate of drug-likeness (QED) is 0.888. The molecule has 21 heavy (non-hydrogen) atoms. The molecule has 0 saturated heterocycles. The second-order valence-corrected chi connectivity index (χ2v) is 6.07. The summed E-state index contributed by atoms with van der Waals surface area (Å²) in [5.74, 6) is 1.09. The van der Waals surface area contributed by atoms with Gasteiger partial charge < -0.3 is 15.1 Å². The maximum absolute atomic E-state index is 12.2. The van der Waals surface area contributed by atoms with Crippen LogP contribution in [0.15, 0.2) is 6.33 Å². The largest absolute Gasteiger partial charge is 0.368 e. The number of amides is 1. The van der Waals surface area contributed by atoms with Crippen LogP contribution < -0.4 is 5.32 Å². The molecule has 116 valence electrons. The Morgan fingerprint density at radius 1 is 1.33 bits per heavy atom. The molecule has 0 atom stereocenters. The van der Waals surface area contributed by atoms with E-state index in [1.165, 1.54) is 0 Å². The second kappa shape index (κ2) is 6.85. The van der Waals surface area contributed by atoms with E-state index in [1.807, 2.05) is 23.9 Å². The summed E-state index contributed by atoms with van der Waals surface area (Å²) in [4.78, 5) is 24.8. The van der Waals surface area contributed by atoms with E-state index >= 15 is 0 Å². The number of carbonyl (C=O) groups excluding carboxylic acids is 1. The minimum Gasteiger partial charge on any atom is -0.368 e. The van der Waals surface area contributed by atoms with Crippen LogP contribution in [0.25, 0.3) is 0 Å². The van der Waals surface area contributed by atoms with Crippen LogP contribution in [0.2, 0.25) is 0 Å². The number of anilines is 1. The fraction of sp³-hybridized carbons (Fsp3) is 0.667. The number of hydrogen-bond acceptors (Lipinski definition) is 5. The molecule has 1 aromatic heterocycles. The van der Waals surface area contributed by atoms with Crippen molar-refractivity contribution in [1.29, 1.82) is 0 Å². The molecule has 0 aliphatic carbocycles. The zero-order valence-corrected chi connectivity index (χ0v) is 13.4. The van der Waals surface area contributed by atoms with Crippen molar-refractivity contribution in [3.05, 3.63) is 17.6 Å². The van der Waals surface area contributed by atoms with Gasteiger partial charge in [0.25, 0.3) is 0 Å². The molecule has 0 bridgehead atoms. The minimum atomic E-state index is 0.180. The Bertz CT molecular complexity index is 501. The number of carbonyl (C=O) groups is 1. The lowest BCUT2D eigenvalue weighted by molar-refractivity contribution is -0.131. The predicted molar refractivity (Wildman–Crippen MR) is 83.3 cm³/mol. The van der Waals surface area contributed by atoms with Crippen molar-refractivity contribution in [3.63, 3.8) is 0 Å². The molecule has 0 fully saturated rings. The minimum absolute atomic E-state index is 0.180. The summed E-state index contributed by atoms with van der Waals surface area (Å²) in [6.45, 7) is 6.12. The van der Waals surface area contributed by atoms with Gasteiger partial charge in [0.15, 0.2) is 0 Å². The Kier molecular flexibility index (Phi) is 5.12. The van der Waals surface area contributed by atoms with Crippen LogP contribution in [0, 0.1) is 0 Å². The first-order valence-corrected chi connectivity index (χ1v) is 7.49. The van der Waals surface area contributed by atoms with Gasteiger partial charge in [-0.3, -0.25) is 4.79 Å². The van der Waals surface area contributed by atoms with Gasteiger partial charge in [0, 0.05) is 31.1 Å². The van der Waals surface area contributed by atoms with Crippen LogP contribution in [-0.4, -0.2) is 65.4 Å². The monoisotopic (exact) mass is 291 g/mol. The van der Waals surface area contributed by atoms with Gasteiger partial charge in [0.2, 0.25) is 5.91 Å². The van der Waals surface area contributed by atoms with Crippen molar-refractivity contribution < 1.29 is 4.79 Å². The Labute approximate surface area is 126 Å². The first kappa shape index (κ1) is 15.7. The molecule has 0 unspecified atom stereocenters. The first-order chi connectivity index (χ1) is 9.97. The van der Waals surface area contributed by atoms with Crippen LogP contribution in [-0.2, 0) is 17.6 Å². The summed E-state index contributed by atoms with van der Waals surface area (Å²) >= 11 is 0. The fourth-order valence-electron chi connectivity index (χ4n) is 2.54. The van der Waals surface area contributed by atoms with Crippen molar-refractivity contribution in [2.75, 3.05) is 39.0 Å². The zero-order valence-electron chi connectivity index (χ0n) is 13.4. The molecule has 0 saturated carbocycles. The van der Waals surface area contributed by atoms with E-state index in [1.54, 1.807) is 6.33 Å². The number of nitrogens with zero attached hydrogens (tertiary/aromatic N) is 4. The van der Waals surface area contributed by atoms with Crippen LogP contribution in [0.3, 0.4) is 0 Å². The standard InChI is InChI=1S/C15H25N5O/c1-11(2)18-15-12-5-7-20(14(21)9-19(3)4)8-6-13(12)16-10-17-15/h10-11H,5-9H2,1-4H3,(H,16,17,18). The Hall–Kier alpha value is -1.69. The SMILES string of the molecule is CC(C)Nc1ncnc2c1CCN(C(=O)CN(C)C)CC2. The lowest BCUT2D eigenvalue weighted by Gasteiger charge is -2.22. The lowest BCUT2D eigenvalue weighted by Crippen LogP contribution is -2.39. The van der Waals surface area contributed by atoms with Gasteiger partial charge in [-0.05, 0) is 34.4 Å². The van der Waals surface area contributed by atoms with Crippen molar-refractivity contribution in [2.45, 2.75) is 32.7 Å². The molecule has 2 heterocycles. The van der Waals surface area contributed by atoms with E-state index in [4.69, 9.17) is 0 Å². The summed E-state index contributed by atoms with van der Waals surface area (Å²) < 4.78 is 0. The third kappa shape index (κ3) is 4.14. The molecular weight excluding hydrogens is 266 g/mol. The summed E-state index contributed by atoms with van der Waals surface area (Å²) in [7, 11) is 3.83. The summed E-state index contributed by atoms with van der Waals surface area (Å²) in [5.41, 5.74) is 2.22. The zero-order chi connectivity index (χ0) is 15.4. The third-order valence-corrected chi connectivity index (χ3v) is 3.51. The smallest absolute Gasteiger partial charge is 0.236 e. The number of nitrogens with one attached hydrogen (secondary N) is 1. The van der Waals surface area contributed by atoms with E-state index in [-0.39, 0.29) is 5.91 Å². The molecule has 6 heteroatoms. The maximum atomic E-state index is 12.2. The highest BCUT2D eigenvalue weighted by molar-refractivity contribution is 5.78. The molecule has 1 aromatic rings. The molecule has 2 rings (SSSR count). The van der Waals surface area contributed by atoms with Gasteiger partial charge >= 0.3 is 0 Å². The van der Waals surface area contributed by atoms with E-state index in [0.717, 1.165) is 43.0 Å². The van der Waals surface area contributed by atoms with Crippen molar-refractivity contribution in [3.8, 4) is 0 Å². The molecular formula is C15H25N5O. The lowest BCUT2D eigenvalue weighted by atomic mass is 10.1. The van der Waals surface area contributed by atoms with E-state index < -0.39 is 0 Å². The molecule has 0 radical (unpaired) electrons. The molecule has 1 amide bonds. The number of hydrogen-bond donors (Lipinski definition) is 1. The second-order valence-electron chi connectivity index (χ2n) is 6.07. The van der Waals surface area contributed by atoms with Gasteiger partial charge in [-0.25, -0.2) is 9.97 Å². The van der Waals surface area contributed by atoms with Gasteiger partial charge in [-0.1, -0.05) is 0 Å². The summed E-state index contributed by atoms with van der Waals surface area (Å²) in [6.07, 6.45) is 3.22. The number of likely N-dealkylation sites (N-methyl/N-ethyl adjacent to an activating group) is 1. The van der Waals surface area contributed by atoms with Crippen LogP contribution in [0.1, 0.15) is 25.1 Å². The number of fused-ring (bicyclic) bond motifs is 1. The third-order valence-electron chi connectivity index (χ3n) is 3.51. The summed E-state index contributed by atoms with van der Waals surface area (Å²) in [5, 5.41) is 3.37. The molecule has 0 spiro atoms. The first-order valence-electron chi connectivity index (χ1n) is 7.49. The van der Waals surface area contributed by atoms with Crippen molar-refractivity contribution in [2.24, 2.45) is 0 Å². The Balaban J connectivity index is 2.12. The topological polar surface area (TPSA) is 61.4 Å². The van der Waals surface area contributed by atoms with Crippen LogP contribution >= 0.6 is 0 Å². The number of rotatable bonds is 4. The Morgan fingerprint density at radius 2 is 2.05 bits per heavy atom. The highest BCUT2D eigenvalue weighted by Gasteiger charge is 2.21. The van der Waals surface area contributed by atoms with E-state index in [2.05, 4.69) is 29.1 Å². The van der Waals surface area contributed by atoms with Gasteiger partial charge in [-0.2, -0.15) is 0 Å². The van der Waals surface area contributed by atoms with Gasteiger partial charge in [0.1, 0.15) is 12.1 Å². The molecule has 0 aromatic carbocycles. The average molecular weight is 291 g/mol. The van der Waals surface area contributed by atoms with Gasteiger partial charge in [0.05, 0.1) is 12.2 Å². The van der Waals surface area contributed by atoms with Crippen molar-refractivity contribution >= 4 is 11.7 Å². The van der Waals surface area contributed by atoms with Crippen LogP contribution in [0.4, 0.5) is 5.82 Å². The molecule has 1 aliphatic heterocycles. The average Bonchev–Trinajstić information content (AvgIpc) is 2.60. The Morgan fingerprint density at radius 3 is 2.71 bits per heavy atom.